The summed E-state index contributed by atoms with van der Waals surface area (Å²) < 4.78 is 5.28. The van der Waals surface area contributed by atoms with Gasteiger partial charge in [-0.2, -0.15) is 0 Å². The zero-order valence-electron chi connectivity index (χ0n) is 24.2. The van der Waals surface area contributed by atoms with Gasteiger partial charge >= 0.3 is 5.97 Å². The number of hydrogen-bond acceptors (Lipinski definition) is 11. The van der Waals surface area contributed by atoms with Crippen molar-refractivity contribution in [2.45, 2.75) is 52.7 Å². The number of nitrogens with two attached hydrogens (primary N) is 1. The zero-order chi connectivity index (χ0) is 30.6. The van der Waals surface area contributed by atoms with Crippen molar-refractivity contribution in [2.24, 2.45) is 5.73 Å². The first-order chi connectivity index (χ1) is 19.8. The van der Waals surface area contributed by atoms with Crippen LogP contribution in [0, 0.1) is 13.8 Å². The van der Waals surface area contributed by atoms with Crippen LogP contribution in [0.2, 0.25) is 5.02 Å². The van der Waals surface area contributed by atoms with Crippen molar-refractivity contribution in [1.29, 1.82) is 0 Å². The topological polar surface area (TPSA) is 156 Å². The summed E-state index contributed by atoms with van der Waals surface area (Å²) in [6.07, 6.45) is 1.32. The minimum atomic E-state index is -0.956. The molecule has 3 aromatic rings. The van der Waals surface area contributed by atoms with Gasteiger partial charge in [-0.05, 0) is 46.2 Å². The van der Waals surface area contributed by atoms with Crippen molar-refractivity contribution < 1.29 is 19.1 Å². The maximum atomic E-state index is 12.8. The third-order valence-electron chi connectivity index (χ3n) is 6.29. The molecule has 0 radical (unpaired) electrons. The van der Waals surface area contributed by atoms with Crippen molar-refractivity contribution in [1.82, 2.24) is 19.9 Å². The number of benzene rings is 1. The van der Waals surface area contributed by atoms with Gasteiger partial charge in [0.15, 0.2) is 5.13 Å². The van der Waals surface area contributed by atoms with Crippen molar-refractivity contribution in [2.75, 3.05) is 41.7 Å². The van der Waals surface area contributed by atoms with Crippen LogP contribution in [0.25, 0.3) is 0 Å². The molecule has 1 aliphatic heterocycles. The normalized spacial score (nSPS) is 14.4. The molecule has 42 heavy (non-hydrogen) atoms. The Morgan fingerprint density at radius 2 is 1.86 bits per heavy atom. The van der Waals surface area contributed by atoms with Gasteiger partial charge in [-0.25, -0.2) is 15.0 Å². The number of carbonyl (C=O) groups is 3. The summed E-state index contributed by atoms with van der Waals surface area (Å²) >= 11 is 7.43. The maximum absolute atomic E-state index is 12.8. The summed E-state index contributed by atoms with van der Waals surface area (Å²) in [5.41, 5.74) is 6.81. The van der Waals surface area contributed by atoms with E-state index < -0.39 is 17.6 Å². The van der Waals surface area contributed by atoms with E-state index in [1.54, 1.807) is 44.7 Å². The number of carbonyl (C=O) groups excluding carboxylic acids is 3. The molecule has 0 spiro atoms. The quantitative estimate of drug-likeness (QED) is 0.318. The largest absolute Gasteiger partial charge is 0.460 e. The fourth-order valence-corrected chi connectivity index (χ4v) is 5.32. The fourth-order valence-electron chi connectivity index (χ4n) is 4.33. The second-order valence-corrected chi connectivity index (χ2v) is 12.3. The zero-order valence-corrected chi connectivity index (χ0v) is 25.8. The molecule has 1 aromatic carbocycles. The highest BCUT2D eigenvalue weighted by Crippen LogP contribution is 2.28. The molecular weight excluding hydrogens is 580 g/mol. The Morgan fingerprint density at radius 1 is 1.14 bits per heavy atom. The molecular formula is C28H35ClN8O4S. The Bertz CT molecular complexity index is 1450. The Morgan fingerprint density at radius 3 is 2.52 bits per heavy atom. The summed E-state index contributed by atoms with van der Waals surface area (Å²) in [5.74, 6) is 0.681. The van der Waals surface area contributed by atoms with Crippen molar-refractivity contribution >= 4 is 63.2 Å². The molecule has 0 saturated carbocycles. The molecule has 12 nitrogen and oxygen atoms in total. The molecule has 3 heterocycles. The fraction of sp³-hybridized carbons (Fsp3) is 0.429. The average molecular weight is 615 g/mol. The van der Waals surface area contributed by atoms with Gasteiger partial charge < -0.3 is 30.9 Å². The number of para-hydroxylation sites is 1. The number of ether oxygens (including phenoxy) is 1. The molecule has 4 rings (SSSR count). The molecule has 1 fully saturated rings. The van der Waals surface area contributed by atoms with Gasteiger partial charge in [0.1, 0.15) is 27.9 Å². The predicted octanol–water partition coefficient (Wildman–Crippen LogP) is 3.91. The van der Waals surface area contributed by atoms with E-state index in [0.717, 1.165) is 5.56 Å². The SMILES string of the molecule is Cc1nc(Nc2ncc(C(=O)Nc3c(C)cccc3Cl)s2)cc(N2CCN(C(=O)[C@@H](N)CC(=O)OC(C)(C)C)CC2)n1. The van der Waals surface area contributed by atoms with Gasteiger partial charge in [-0.1, -0.05) is 35.1 Å². The summed E-state index contributed by atoms with van der Waals surface area (Å²) in [5, 5.41) is 6.97. The standard InChI is InChI=1S/C28H35ClN8O4S/c1-16-7-6-8-18(29)24(16)35-25(39)20-15-31-27(42-20)34-21-14-22(33-17(2)32-21)36-9-11-37(12-10-36)26(40)19(30)13-23(38)41-28(3,4)5/h6-8,14-15,19H,9-13,30H2,1-5H3,(H,35,39)(H,31,32,33,34)/t19-/m0/s1. The molecule has 2 aromatic heterocycles. The lowest BCUT2D eigenvalue weighted by molar-refractivity contribution is -0.157. The van der Waals surface area contributed by atoms with Crippen LogP contribution in [0.1, 0.15) is 48.3 Å². The average Bonchev–Trinajstić information content (AvgIpc) is 3.37. The van der Waals surface area contributed by atoms with Crippen LogP contribution in [0.3, 0.4) is 0 Å². The first-order valence-electron chi connectivity index (χ1n) is 13.5. The number of esters is 1. The Kier molecular flexibility index (Phi) is 9.64. The van der Waals surface area contributed by atoms with E-state index in [-0.39, 0.29) is 18.2 Å². The van der Waals surface area contributed by atoms with Crippen molar-refractivity contribution in [3.63, 3.8) is 0 Å². The van der Waals surface area contributed by atoms with E-state index in [1.165, 1.54) is 17.5 Å². The summed E-state index contributed by atoms with van der Waals surface area (Å²) in [7, 11) is 0. The number of aromatic nitrogens is 3. The third kappa shape index (κ3) is 8.14. The molecule has 1 aliphatic rings. The van der Waals surface area contributed by atoms with Crippen LogP contribution in [0.5, 0.6) is 0 Å². The van der Waals surface area contributed by atoms with E-state index in [1.807, 2.05) is 19.1 Å². The van der Waals surface area contributed by atoms with Crippen LogP contribution in [0.4, 0.5) is 22.5 Å². The number of halogens is 1. The molecule has 14 heteroatoms. The summed E-state index contributed by atoms with van der Waals surface area (Å²) in [6.45, 7) is 10.9. The lowest BCUT2D eigenvalue weighted by Gasteiger charge is -2.36. The van der Waals surface area contributed by atoms with Gasteiger partial charge in [0, 0.05) is 32.2 Å². The minimum absolute atomic E-state index is 0.170. The number of amides is 2. The van der Waals surface area contributed by atoms with Gasteiger partial charge in [0.25, 0.3) is 5.91 Å². The van der Waals surface area contributed by atoms with Crippen LogP contribution < -0.4 is 21.3 Å². The molecule has 1 atom stereocenters. The van der Waals surface area contributed by atoms with Crippen LogP contribution in [-0.2, 0) is 14.3 Å². The number of nitrogens with zero attached hydrogens (tertiary/aromatic N) is 5. The number of nitrogens with one attached hydrogen (secondary N) is 2. The first kappa shape index (κ1) is 31.1. The number of anilines is 4. The molecule has 1 saturated heterocycles. The van der Waals surface area contributed by atoms with Crippen LogP contribution in [-0.4, -0.2) is 75.5 Å². The highest BCUT2D eigenvalue weighted by Gasteiger charge is 2.29. The summed E-state index contributed by atoms with van der Waals surface area (Å²) in [6, 6.07) is 6.26. The second kappa shape index (κ2) is 13.0. The number of thiazole rings is 1. The maximum Gasteiger partial charge on any atom is 0.308 e. The molecule has 4 N–H and O–H groups in total. The number of piperazine rings is 1. The van der Waals surface area contributed by atoms with Crippen LogP contribution >= 0.6 is 22.9 Å². The van der Waals surface area contributed by atoms with E-state index in [2.05, 4.69) is 30.5 Å². The number of aryl methyl sites for hydroxylation is 2. The lowest BCUT2D eigenvalue weighted by atomic mass is 10.1. The van der Waals surface area contributed by atoms with Crippen molar-refractivity contribution in [3.05, 3.63) is 51.7 Å². The highest BCUT2D eigenvalue weighted by atomic mass is 35.5. The highest BCUT2D eigenvalue weighted by molar-refractivity contribution is 7.17. The Labute approximate surface area is 253 Å². The van der Waals surface area contributed by atoms with Gasteiger partial charge in [0.2, 0.25) is 5.91 Å². The Hall–Kier alpha value is -3.81. The van der Waals surface area contributed by atoms with Gasteiger partial charge in [-0.15, -0.1) is 0 Å². The smallest absolute Gasteiger partial charge is 0.308 e. The summed E-state index contributed by atoms with van der Waals surface area (Å²) in [4.78, 5) is 55.2. The third-order valence-corrected chi connectivity index (χ3v) is 7.52. The monoisotopic (exact) mass is 614 g/mol. The minimum Gasteiger partial charge on any atom is -0.460 e. The molecule has 0 aliphatic carbocycles. The van der Waals surface area contributed by atoms with E-state index in [9.17, 15) is 14.4 Å². The first-order valence-corrected chi connectivity index (χ1v) is 14.6. The van der Waals surface area contributed by atoms with E-state index in [0.29, 0.717) is 64.4 Å². The van der Waals surface area contributed by atoms with Gasteiger partial charge in [0.05, 0.1) is 29.4 Å². The Balaban J connectivity index is 1.35. The lowest BCUT2D eigenvalue weighted by Crippen LogP contribution is -2.54. The number of rotatable bonds is 8. The molecule has 2 amide bonds. The molecule has 0 bridgehead atoms. The molecule has 224 valence electrons. The van der Waals surface area contributed by atoms with E-state index in [4.69, 9.17) is 22.1 Å². The predicted molar refractivity (Wildman–Crippen MR) is 164 cm³/mol. The molecule has 0 unspecified atom stereocenters. The van der Waals surface area contributed by atoms with E-state index >= 15 is 0 Å². The number of hydrogen-bond donors (Lipinski definition) is 3. The van der Waals surface area contributed by atoms with Crippen LogP contribution in [0.15, 0.2) is 30.5 Å². The second-order valence-electron chi connectivity index (χ2n) is 10.9. The van der Waals surface area contributed by atoms with Gasteiger partial charge in [-0.3, -0.25) is 14.4 Å². The van der Waals surface area contributed by atoms with Crippen molar-refractivity contribution in [3.8, 4) is 0 Å².